The van der Waals surface area contributed by atoms with Crippen LogP contribution in [0.5, 0.6) is 0 Å². The molecule has 0 saturated heterocycles. The standard InChI is InChI=1S/C16H8N2S.Ir/c1-17-16-15-13-8-3-2-6-11(13)12-7-4-5-9-14(12)18(15)10-19-16;/h2-8,10H;/q-2;. The molecule has 0 spiro atoms. The van der Waals surface area contributed by atoms with Crippen LogP contribution >= 0.6 is 11.8 Å². The average molecular weight is 453 g/mol. The van der Waals surface area contributed by atoms with Gasteiger partial charge in [-0.1, -0.05) is 35.5 Å². The van der Waals surface area contributed by atoms with Crippen molar-refractivity contribution in [1.82, 2.24) is 0 Å². The summed E-state index contributed by atoms with van der Waals surface area (Å²) < 4.78 is 0. The van der Waals surface area contributed by atoms with Gasteiger partial charge in [-0.15, -0.1) is 5.56 Å². The molecule has 1 radical (unpaired) electrons. The smallest absolute Gasteiger partial charge is 0.212 e. The summed E-state index contributed by atoms with van der Waals surface area (Å²) in [6, 6.07) is 17.6. The molecule has 0 unspecified atom stereocenters. The van der Waals surface area contributed by atoms with Gasteiger partial charge in [0.1, 0.15) is 0 Å². The molecule has 20 heavy (non-hydrogen) atoms. The van der Waals surface area contributed by atoms with Gasteiger partial charge in [-0.25, -0.2) is 4.85 Å². The summed E-state index contributed by atoms with van der Waals surface area (Å²) in [7, 11) is 0. The van der Waals surface area contributed by atoms with E-state index in [0.29, 0.717) is 0 Å². The number of anilines is 1. The summed E-state index contributed by atoms with van der Waals surface area (Å²) in [5.41, 5.74) is 5.50. The van der Waals surface area contributed by atoms with Crippen molar-refractivity contribution in [3.05, 3.63) is 76.4 Å². The van der Waals surface area contributed by atoms with Crippen molar-refractivity contribution in [3.63, 3.8) is 0 Å². The summed E-state index contributed by atoms with van der Waals surface area (Å²) in [4.78, 5) is 5.73. The Hall–Kier alpha value is -1.53. The van der Waals surface area contributed by atoms with Gasteiger partial charge in [0, 0.05) is 25.8 Å². The zero-order valence-corrected chi connectivity index (χ0v) is 13.5. The van der Waals surface area contributed by atoms with Gasteiger partial charge < -0.3 is 16.7 Å². The molecule has 0 amide bonds. The zero-order valence-electron chi connectivity index (χ0n) is 10.3. The van der Waals surface area contributed by atoms with Gasteiger partial charge in [0.15, 0.2) is 0 Å². The number of hydrogen-bond donors (Lipinski definition) is 0. The Morgan fingerprint density at radius 3 is 2.65 bits per heavy atom. The van der Waals surface area contributed by atoms with Crippen LogP contribution in [0, 0.1) is 18.5 Å². The maximum Gasteiger partial charge on any atom is 0.212 e. The van der Waals surface area contributed by atoms with Crippen molar-refractivity contribution < 1.29 is 20.1 Å². The number of nitrogens with zero attached hydrogens (tertiary/aromatic N) is 2. The molecule has 2 aromatic carbocycles. The minimum atomic E-state index is 0. The molecular formula is C16H8IrN2S-2. The second kappa shape index (κ2) is 5.10. The van der Waals surface area contributed by atoms with Crippen molar-refractivity contribution in [1.29, 1.82) is 0 Å². The molecule has 4 rings (SSSR count). The minimum absolute atomic E-state index is 0. The monoisotopic (exact) mass is 453 g/mol. The van der Waals surface area contributed by atoms with E-state index in [1.54, 1.807) is 0 Å². The number of para-hydroxylation sites is 1. The average Bonchev–Trinajstić information content (AvgIpc) is 2.92. The SMILES string of the molecule is [C-]#[N+]C1=C2c3ccccc3-c3ccc[c-]c3N2[CH-]S1.[Ir]. The van der Waals surface area contributed by atoms with Crippen LogP contribution in [0.4, 0.5) is 5.69 Å². The Bertz CT molecular complexity index is 761. The third-order valence-electron chi connectivity index (χ3n) is 3.36. The number of rotatable bonds is 0. The van der Waals surface area contributed by atoms with Gasteiger partial charge in [0.05, 0.1) is 6.57 Å². The Morgan fingerprint density at radius 1 is 1.10 bits per heavy atom. The predicted octanol–water partition coefficient (Wildman–Crippen LogP) is 4.38. The number of benzene rings is 2. The fourth-order valence-corrected chi connectivity index (χ4v) is 3.36. The van der Waals surface area contributed by atoms with E-state index in [1.165, 1.54) is 22.9 Å². The summed E-state index contributed by atoms with van der Waals surface area (Å²) in [6.07, 6.45) is 0. The molecule has 4 heteroatoms. The summed E-state index contributed by atoms with van der Waals surface area (Å²) in [5, 5.41) is 0.732. The van der Waals surface area contributed by atoms with Gasteiger partial charge >= 0.3 is 0 Å². The molecule has 2 heterocycles. The van der Waals surface area contributed by atoms with Gasteiger partial charge in [-0.3, -0.25) is 0 Å². The molecule has 0 bridgehead atoms. The molecule has 0 atom stereocenters. The van der Waals surface area contributed by atoms with E-state index in [4.69, 9.17) is 6.57 Å². The Labute approximate surface area is 135 Å². The largest absolute Gasteiger partial charge is 0.513 e. The molecule has 0 saturated carbocycles. The van der Waals surface area contributed by atoms with Crippen LogP contribution in [0.25, 0.3) is 21.7 Å². The van der Waals surface area contributed by atoms with E-state index >= 15 is 0 Å². The maximum atomic E-state index is 7.34. The Kier molecular flexibility index (Phi) is 3.43. The number of fused-ring (bicyclic) bond motifs is 6. The first-order valence-electron chi connectivity index (χ1n) is 5.91. The molecule has 2 nitrogen and oxygen atoms in total. The molecule has 0 N–H and O–H groups in total. The third kappa shape index (κ3) is 1.75. The number of thioether (sulfide) groups is 1. The number of hydrogen-bond acceptors (Lipinski definition) is 2. The van der Waals surface area contributed by atoms with Crippen molar-refractivity contribution in [2.75, 3.05) is 4.90 Å². The molecule has 2 aromatic rings. The van der Waals surface area contributed by atoms with Crippen molar-refractivity contribution in [3.8, 4) is 11.1 Å². The fraction of sp³-hybridized carbons (Fsp3) is 0. The van der Waals surface area contributed by atoms with Crippen molar-refractivity contribution in [2.24, 2.45) is 0 Å². The van der Waals surface area contributed by atoms with E-state index in [0.717, 1.165) is 22.0 Å². The molecule has 2 aliphatic rings. The molecule has 0 aromatic heterocycles. The van der Waals surface area contributed by atoms with Crippen LogP contribution in [0.1, 0.15) is 5.56 Å². The van der Waals surface area contributed by atoms with Crippen LogP contribution < -0.4 is 4.90 Å². The second-order valence-corrected chi connectivity index (χ2v) is 5.17. The van der Waals surface area contributed by atoms with Crippen molar-refractivity contribution >= 4 is 23.1 Å². The minimum Gasteiger partial charge on any atom is -0.513 e. The summed E-state index contributed by atoms with van der Waals surface area (Å²) >= 11 is 1.48. The van der Waals surface area contributed by atoms with E-state index in [9.17, 15) is 0 Å². The molecular weight excluding hydrogens is 444 g/mol. The van der Waals surface area contributed by atoms with Gasteiger partial charge in [-0.2, -0.15) is 30.1 Å². The van der Waals surface area contributed by atoms with Crippen LogP contribution in [0.15, 0.2) is 47.5 Å². The summed E-state index contributed by atoms with van der Waals surface area (Å²) in [5.74, 6) is 1.99. The van der Waals surface area contributed by atoms with Gasteiger partial charge in [0.2, 0.25) is 5.03 Å². The van der Waals surface area contributed by atoms with Crippen LogP contribution in [0.3, 0.4) is 0 Å². The van der Waals surface area contributed by atoms with E-state index < -0.39 is 0 Å². The third-order valence-corrected chi connectivity index (χ3v) is 4.19. The zero-order chi connectivity index (χ0) is 12.8. The van der Waals surface area contributed by atoms with Crippen LogP contribution in [-0.4, -0.2) is 0 Å². The molecule has 0 fully saturated rings. The van der Waals surface area contributed by atoms with Crippen LogP contribution in [-0.2, 0) is 20.1 Å². The van der Waals surface area contributed by atoms with Gasteiger partial charge in [0.25, 0.3) is 0 Å². The normalized spacial score (nSPS) is 14.8. The quantitative estimate of drug-likeness (QED) is 0.548. The second-order valence-electron chi connectivity index (χ2n) is 4.34. The Balaban J connectivity index is 0.00000121. The first-order chi connectivity index (χ1) is 9.40. The first kappa shape index (κ1) is 13.5. The van der Waals surface area contributed by atoms with Gasteiger partial charge in [-0.05, 0) is 5.56 Å². The first-order valence-corrected chi connectivity index (χ1v) is 6.79. The molecule has 2 aliphatic heterocycles. The van der Waals surface area contributed by atoms with Crippen molar-refractivity contribution in [2.45, 2.75) is 0 Å². The van der Waals surface area contributed by atoms with E-state index in [2.05, 4.69) is 34.0 Å². The summed E-state index contributed by atoms with van der Waals surface area (Å²) in [6.45, 7) is 7.34. The fourth-order valence-electron chi connectivity index (χ4n) is 2.57. The van der Waals surface area contributed by atoms with E-state index in [-0.39, 0.29) is 20.1 Å². The molecule has 99 valence electrons. The predicted molar refractivity (Wildman–Crippen MR) is 78.6 cm³/mol. The Morgan fingerprint density at radius 2 is 1.85 bits per heavy atom. The van der Waals surface area contributed by atoms with E-state index in [1.807, 2.05) is 30.1 Å². The topological polar surface area (TPSA) is 7.60 Å². The van der Waals surface area contributed by atoms with Crippen LogP contribution in [0.2, 0.25) is 0 Å². The molecule has 0 aliphatic carbocycles. The maximum absolute atomic E-state index is 7.34.